The summed E-state index contributed by atoms with van der Waals surface area (Å²) in [7, 11) is 0. The van der Waals surface area contributed by atoms with E-state index in [1.807, 2.05) is 0 Å². The van der Waals surface area contributed by atoms with Gasteiger partial charge in [-0.1, -0.05) is 26.0 Å². The highest BCUT2D eigenvalue weighted by Crippen LogP contribution is 2.17. The first-order chi connectivity index (χ1) is 10.7. The van der Waals surface area contributed by atoms with Crippen LogP contribution in [0.15, 0.2) is 24.3 Å². The van der Waals surface area contributed by atoms with Crippen molar-refractivity contribution in [3.63, 3.8) is 0 Å². The maximum atomic E-state index is 5.86. The Morgan fingerprint density at radius 3 is 1.79 bits per heavy atom. The minimum absolute atomic E-state index is 0. The standard InChI is InChI=1S/C18H30Cl2N2.2ClH/c1-3-21(4-2)14-6-5-7-17-8-10-18(11-9-17)22(15-12-19)16-13-20;;/h8-11H,3-7,12-16H2,1-2H3;2*1H. The van der Waals surface area contributed by atoms with Crippen LogP contribution in [0.5, 0.6) is 0 Å². The van der Waals surface area contributed by atoms with Gasteiger partial charge in [0.2, 0.25) is 0 Å². The normalized spacial score (nSPS) is 10.2. The summed E-state index contributed by atoms with van der Waals surface area (Å²) in [4.78, 5) is 4.73. The molecule has 0 atom stereocenters. The zero-order valence-corrected chi connectivity index (χ0v) is 18.0. The van der Waals surface area contributed by atoms with E-state index in [1.54, 1.807) is 0 Å². The fourth-order valence-corrected chi connectivity index (χ4v) is 3.06. The van der Waals surface area contributed by atoms with Crippen molar-refractivity contribution in [3.05, 3.63) is 29.8 Å². The predicted octanol–water partition coefficient (Wildman–Crippen LogP) is 5.48. The number of alkyl halides is 2. The van der Waals surface area contributed by atoms with Crippen LogP contribution in [0.25, 0.3) is 0 Å². The zero-order chi connectivity index (χ0) is 16.2. The lowest BCUT2D eigenvalue weighted by atomic mass is 10.1. The molecule has 0 fully saturated rings. The van der Waals surface area contributed by atoms with Crippen LogP contribution >= 0.6 is 48.0 Å². The molecule has 0 aromatic heterocycles. The molecule has 1 rings (SSSR count). The zero-order valence-electron chi connectivity index (χ0n) is 14.8. The first-order valence-electron chi connectivity index (χ1n) is 8.43. The Morgan fingerprint density at radius 2 is 1.33 bits per heavy atom. The number of benzene rings is 1. The number of aryl methyl sites for hydroxylation is 1. The first kappa shape index (κ1) is 26.4. The minimum atomic E-state index is 0. The van der Waals surface area contributed by atoms with Gasteiger partial charge in [0.05, 0.1) is 0 Å². The van der Waals surface area contributed by atoms with Gasteiger partial charge in [-0.15, -0.1) is 48.0 Å². The fraction of sp³-hybridized carbons (Fsp3) is 0.667. The molecule has 0 heterocycles. The van der Waals surface area contributed by atoms with Crippen LogP contribution in [-0.2, 0) is 6.42 Å². The van der Waals surface area contributed by atoms with Gasteiger partial charge < -0.3 is 9.80 Å². The van der Waals surface area contributed by atoms with Crippen LogP contribution in [0.4, 0.5) is 5.69 Å². The van der Waals surface area contributed by atoms with Crippen molar-refractivity contribution in [1.82, 2.24) is 4.90 Å². The maximum absolute atomic E-state index is 5.86. The van der Waals surface area contributed by atoms with Gasteiger partial charge in [0, 0.05) is 30.5 Å². The van der Waals surface area contributed by atoms with Crippen LogP contribution < -0.4 is 4.90 Å². The monoisotopic (exact) mass is 416 g/mol. The highest BCUT2D eigenvalue weighted by molar-refractivity contribution is 6.18. The van der Waals surface area contributed by atoms with Crippen LogP contribution in [0.1, 0.15) is 32.3 Å². The van der Waals surface area contributed by atoms with E-state index in [1.165, 1.54) is 30.6 Å². The molecule has 0 saturated heterocycles. The molecular weight excluding hydrogens is 386 g/mol. The number of rotatable bonds is 12. The summed E-state index contributed by atoms with van der Waals surface area (Å²) in [5.74, 6) is 1.26. The molecule has 24 heavy (non-hydrogen) atoms. The molecule has 2 nitrogen and oxygen atoms in total. The quantitative estimate of drug-likeness (QED) is 0.328. The Morgan fingerprint density at radius 1 is 0.792 bits per heavy atom. The van der Waals surface area contributed by atoms with Crippen LogP contribution in [0.2, 0.25) is 0 Å². The predicted molar refractivity (Wildman–Crippen MR) is 115 cm³/mol. The van der Waals surface area contributed by atoms with Gasteiger partial charge in [-0.2, -0.15) is 0 Å². The van der Waals surface area contributed by atoms with Gasteiger partial charge in [-0.05, 0) is 56.6 Å². The van der Waals surface area contributed by atoms with Crippen molar-refractivity contribution in [2.24, 2.45) is 0 Å². The largest absolute Gasteiger partial charge is 0.369 e. The van der Waals surface area contributed by atoms with E-state index < -0.39 is 0 Å². The summed E-state index contributed by atoms with van der Waals surface area (Å²) in [5.41, 5.74) is 2.63. The van der Waals surface area contributed by atoms with Crippen LogP contribution in [0, 0.1) is 0 Å². The molecule has 6 heteroatoms. The summed E-state index contributed by atoms with van der Waals surface area (Å²) in [5, 5.41) is 0. The Labute approximate surface area is 170 Å². The Kier molecular flexibility index (Phi) is 18.2. The van der Waals surface area contributed by atoms with Crippen molar-refractivity contribution in [3.8, 4) is 0 Å². The third-order valence-corrected chi connectivity index (χ3v) is 4.43. The second-order valence-electron chi connectivity index (χ2n) is 5.52. The Bertz CT molecular complexity index is 377. The fourth-order valence-electron chi connectivity index (χ4n) is 2.65. The summed E-state index contributed by atoms with van der Waals surface area (Å²) < 4.78 is 0. The van der Waals surface area contributed by atoms with Gasteiger partial charge in [-0.3, -0.25) is 0 Å². The molecule has 0 spiro atoms. The third-order valence-electron chi connectivity index (χ3n) is 4.09. The lowest BCUT2D eigenvalue weighted by Crippen LogP contribution is -2.27. The van der Waals surface area contributed by atoms with Crippen LogP contribution in [-0.4, -0.2) is 49.4 Å². The summed E-state index contributed by atoms with van der Waals surface area (Å²) >= 11 is 11.7. The summed E-state index contributed by atoms with van der Waals surface area (Å²) in [6.07, 6.45) is 3.68. The third kappa shape index (κ3) is 10.2. The van der Waals surface area contributed by atoms with Crippen molar-refractivity contribution in [1.29, 1.82) is 0 Å². The lowest BCUT2D eigenvalue weighted by Gasteiger charge is -2.23. The number of anilines is 1. The van der Waals surface area contributed by atoms with E-state index in [2.05, 4.69) is 47.9 Å². The van der Waals surface area contributed by atoms with Crippen molar-refractivity contribution >= 4 is 53.7 Å². The molecule has 0 saturated carbocycles. The molecule has 0 aliphatic carbocycles. The topological polar surface area (TPSA) is 6.48 Å². The number of halogens is 4. The second-order valence-corrected chi connectivity index (χ2v) is 6.27. The SMILES string of the molecule is CCN(CC)CCCCc1ccc(N(CCCl)CCCl)cc1.Cl.Cl. The smallest absolute Gasteiger partial charge is 0.0399 e. The van der Waals surface area contributed by atoms with Crippen LogP contribution in [0.3, 0.4) is 0 Å². The van der Waals surface area contributed by atoms with E-state index in [0.29, 0.717) is 11.8 Å². The van der Waals surface area contributed by atoms with Gasteiger partial charge >= 0.3 is 0 Å². The molecule has 0 bridgehead atoms. The highest BCUT2D eigenvalue weighted by Gasteiger charge is 2.05. The molecule has 0 amide bonds. The molecular formula is C18H32Cl4N2. The summed E-state index contributed by atoms with van der Waals surface area (Å²) in [6.45, 7) is 9.68. The molecule has 0 aliphatic rings. The average molecular weight is 418 g/mol. The average Bonchev–Trinajstić information content (AvgIpc) is 2.55. The molecule has 0 unspecified atom stereocenters. The molecule has 142 valence electrons. The lowest BCUT2D eigenvalue weighted by molar-refractivity contribution is 0.297. The van der Waals surface area contributed by atoms with E-state index >= 15 is 0 Å². The molecule has 0 N–H and O–H groups in total. The second kappa shape index (κ2) is 16.6. The van der Waals surface area contributed by atoms with Gasteiger partial charge in [0.15, 0.2) is 0 Å². The van der Waals surface area contributed by atoms with Gasteiger partial charge in [0.25, 0.3) is 0 Å². The van der Waals surface area contributed by atoms with Gasteiger partial charge in [0.1, 0.15) is 0 Å². The molecule has 1 aromatic rings. The Balaban J connectivity index is 0. The molecule has 0 aliphatic heterocycles. The van der Waals surface area contributed by atoms with Gasteiger partial charge in [-0.25, -0.2) is 0 Å². The number of unbranched alkanes of at least 4 members (excludes halogenated alkanes) is 1. The van der Waals surface area contributed by atoms with E-state index in [4.69, 9.17) is 23.2 Å². The molecule has 0 radical (unpaired) electrons. The number of hydrogen-bond acceptors (Lipinski definition) is 2. The molecule has 1 aromatic carbocycles. The minimum Gasteiger partial charge on any atom is -0.369 e. The Hall–Kier alpha value is 0.140. The maximum Gasteiger partial charge on any atom is 0.0399 e. The number of nitrogens with zero attached hydrogens (tertiary/aromatic N) is 2. The van der Waals surface area contributed by atoms with E-state index in [9.17, 15) is 0 Å². The van der Waals surface area contributed by atoms with Crippen molar-refractivity contribution < 1.29 is 0 Å². The first-order valence-corrected chi connectivity index (χ1v) is 9.50. The number of hydrogen-bond donors (Lipinski definition) is 0. The van der Waals surface area contributed by atoms with Crippen molar-refractivity contribution in [2.45, 2.75) is 33.1 Å². The van der Waals surface area contributed by atoms with Crippen molar-refractivity contribution in [2.75, 3.05) is 49.4 Å². The highest BCUT2D eigenvalue weighted by atomic mass is 35.5. The van der Waals surface area contributed by atoms with E-state index in [-0.39, 0.29) is 24.8 Å². The van der Waals surface area contributed by atoms with E-state index in [0.717, 1.165) is 32.6 Å². The summed E-state index contributed by atoms with van der Waals surface area (Å²) in [6, 6.07) is 8.86.